The normalized spacial score (nSPS) is 11.6. The molecule has 12 heterocycles. The first kappa shape index (κ1) is 90.6. The Morgan fingerprint density at radius 1 is 0.373 bits per heavy atom. The van der Waals surface area contributed by atoms with Crippen LogP contribution in [0, 0.1) is 5.82 Å². The van der Waals surface area contributed by atoms with Gasteiger partial charge in [0.15, 0.2) is 18.2 Å². The van der Waals surface area contributed by atoms with Crippen molar-refractivity contribution in [3.63, 3.8) is 0 Å². The number of benzene rings is 8. The Labute approximate surface area is 776 Å². The summed E-state index contributed by atoms with van der Waals surface area (Å²) < 4.78 is 139. The molecular weight excluding hydrogens is 1940 g/mol. The lowest BCUT2D eigenvalue weighted by molar-refractivity contribution is -0.115. The molecule has 0 amide bonds. The summed E-state index contributed by atoms with van der Waals surface area (Å²) in [6.45, 7) is 0.829. The molecule has 0 aliphatic rings. The second-order valence-corrected chi connectivity index (χ2v) is 33.2. The largest absolute Gasteiger partial charge is 0.478 e. The van der Waals surface area contributed by atoms with E-state index in [1.54, 1.807) is 86.6 Å². The number of nitrogens with one attached hydrogen (secondary N) is 1. The molecule has 0 saturated carbocycles. The Morgan fingerprint density at radius 3 is 1.01 bits per heavy atom. The molecular formula is C94H70Br3F8N21O8. The number of aromatic nitrogens is 20. The maximum Gasteiger partial charge on any atom is 0.405 e. The van der Waals surface area contributed by atoms with Crippen molar-refractivity contribution in [2.75, 3.05) is 25.1 Å². The summed E-state index contributed by atoms with van der Waals surface area (Å²) in [4.78, 5) is 72.3. The molecule has 0 unspecified atom stereocenters. The van der Waals surface area contributed by atoms with Crippen molar-refractivity contribution < 1.29 is 54.1 Å². The van der Waals surface area contributed by atoms with Gasteiger partial charge in [-0.1, -0.05) is 96.3 Å². The summed E-state index contributed by atoms with van der Waals surface area (Å²) in [6, 6.07) is 60.1. The molecule has 29 nitrogen and oxygen atoms in total. The first-order valence-corrected chi connectivity index (χ1v) is 43.2. The van der Waals surface area contributed by atoms with E-state index in [1.165, 1.54) is 44.4 Å². The molecule has 0 bridgehead atoms. The van der Waals surface area contributed by atoms with E-state index in [9.17, 15) is 54.3 Å². The van der Waals surface area contributed by atoms with Crippen molar-refractivity contribution in [2.24, 2.45) is 28.2 Å². The molecule has 20 aromatic rings. The number of anilines is 1. The molecule has 0 aliphatic heterocycles. The number of nitrogens with zero attached hydrogens (tertiary/aromatic N) is 20. The fourth-order valence-corrected chi connectivity index (χ4v) is 15.6. The average Bonchev–Trinajstić information content (AvgIpc) is 0.960. The predicted molar refractivity (Wildman–Crippen MR) is 502 cm³/mol. The lowest BCUT2D eigenvalue weighted by Gasteiger charge is -2.14. The van der Waals surface area contributed by atoms with Crippen LogP contribution in [-0.2, 0) is 28.2 Å². The topological polar surface area (TPSA) is 311 Å². The van der Waals surface area contributed by atoms with E-state index in [-0.39, 0.29) is 56.5 Å². The smallest absolute Gasteiger partial charge is 0.405 e. The summed E-state index contributed by atoms with van der Waals surface area (Å²) in [6.07, 6.45) is 0.0764. The lowest BCUT2D eigenvalue weighted by Crippen LogP contribution is -2.25. The summed E-state index contributed by atoms with van der Waals surface area (Å²) in [7, 11) is 7.28. The van der Waals surface area contributed by atoms with Crippen LogP contribution in [0.4, 0.5) is 40.9 Å². The molecule has 8 aromatic carbocycles. The Morgan fingerprint density at radius 2 is 0.687 bits per heavy atom. The van der Waals surface area contributed by atoms with Crippen LogP contribution in [0.2, 0.25) is 0 Å². The number of fused-ring (bicyclic) bond motifs is 8. The van der Waals surface area contributed by atoms with Crippen LogP contribution < -0.4 is 46.5 Å². The van der Waals surface area contributed by atoms with Gasteiger partial charge in [-0.3, -0.25) is 37.9 Å². The number of ether oxygens (including phenoxy) is 4. The monoisotopic (exact) mass is 2010 g/mol. The van der Waals surface area contributed by atoms with Gasteiger partial charge in [-0.2, -0.15) is 81.5 Å². The van der Waals surface area contributed by atoms with Crippen molar-refractivity contribution >= 4 is 141 Å². The highest BCUT2D eigenvalue weighted by Gasteiger charge is 2.30. The maximum absolute atomic E-state index is 14.7. The third kappa shape index (κ3) is 19.7. The van der Waals surface area contributed by atoms with Gasteiger partial charge in [-0.25, -0.2) is 33.1 Å². The minimum absolute atomic E-state index is 0.00288. The molecule has 0 fully saturated rings. The molecule has 1 N–H and O–H groups in total. The summed E-state index contributed by atoms with van der Waals surface area (Å²) in [5.41, 5.74) is 9.73. The molecule has 676 valence electrons. The van der Waals surface area contributed by atoms with E-state index in [2.05, 4.69) is 113 Å². The van der Waals surface area contributed by atoms with E-state index in [1.807, 2.05) is 187 Å². The first-order valence-electron chi connectivity index (χ1n) is 40.8. The number of aryl methyl sites for hydroxylation is 4. The number of hydrogen-bond acceptors (Lipinski definition) is 21. The molecule has 40 heteroatoms. The van der Waals surface area contributed by atoms with E-state index in [4.69, 9.17) is 14.2 Å². The van der Waals surface area contributed by atoms with Crippen molar-refractivity contribution in [1.82, 2.24) is 98.2 Å². The molecule has 20 rings (SSSR count). The van der Waals surface area contributed by atoms with Crippen LogP contribution in [0.1, 0.15) is 20.8 Å². The highest BCUT2D eigenvalue weighted by Crippen LogP contribution is 2.36. The number of alkyl halides is 7. The molecule has 12 aromatic heterocycles. The van der Waals surface area contributed by atoms with E-state index in [0.717, 1.165) is 68.0 Å². The van der Waals surface area contributed by atoms with Crippen molar-refractivity contribution in [3.8, 4) is 90.6 Å². The summed E-state index contributed by atoms with van der Waals surface area (Å²) in [5, 5.41) is 40.7. The van der Waals surface area contributed by atoms with Gasteiger partial charge in [-0.05, 0) is 183 Å². The average molecular weight is 2010 g/mol. The fourth-order valence-electron chi connectivity index (χ4n) is 14.8. The highest BCUT2D eigenvalue weighted by atomic mass is 79.9. The Hall–Kier alpha value is -15.3. The van der Waals surface area contributed by atoms with Crippen LogP contribution in [0.15, 0.2) is 270 Å². The number of pyridine rings is 4. The lowest BCUT2D eigenvalue weighted by atomic mass is 10.1. The van der Waals surface area contributed by atoms with Gasteiger partial charge in [0.2, 0.25) is 17.6 Å². The number of rotatable bonds is 19. The standard InChI is InChI=1S/C24H20BrN5O2.C24H16F6N6O2.C23H16BrF2N5O2.C23H18BrN5O2/c1-14(2)32-21-11-10-20-23(26-21)22(15-4-6-17(25)7-5-15)24(31)30(28-20)18-8-9-19-16(12-18)13-29(3)27-19;1-35-10-13-8-14(4-7-17(13)33-35)36-22(37)19(12-2-5-15(6-3-12)38-23(26)27)20-18(34-36)9-16(25)21(32-20)31-11-24(28,29)30;1-30-11-14-10-16(6-7-17(14)28-30)31-23(32)21(13-2-4-15(24)5-3-13)22-18(29-31)8-9-20(27-22)33-12-19(25)26;1-3-31-20-11-10-19-22(25-20)21(14-4-6-16(24)7-5-14)23(30)29(27-19)17-8-9-18-15(12-17)13-28(2)26-18/h4-14H,1-3H3;2-10,23H,11H2,1H3,(H,31,32);2-11,19H,12H2,1H3;4-13H,3H2,1-2H3. The van der Waals surface area contributed by atoms with Crippen LogP contribution in [-0.4, -0.2) is 143 Å². The second-order valence-electron chi connectivity index (χ2n) is 30.5. The van der Waals surface area contributed by atoms with Gasteiger partial charge in [0.05, 0.1) is 79.8 Å². The van der Waals surface area contributed by atoms with Crippen LogP contribution in [0.25, 0.3) is 155 Å². The third-order valence-corrected chi connectivity index (χ3v) is 22.1. The highest BCUT2D eigenvalue weighted by molar-refractivity contribution is 9.11. The zero-order valence-corrected chi connectivity index (χ0v) is 76.0. The quantitative estimate of drug-likeness (QED) is 0.0735. The summed E-state index contributed by atoms with van der Waals surface area (Å²) >= 11 is 10.3. The van der Waals surface area contributed by atoms with Gasteiger partial charge >= 0.3 is 12.8 Å². The Kier molecular flexibility index (Phi) is 25.6. The SMILES string of the molecule is CC(C)Oc1ccc2nn(-c3ccc4nn(C)cc4c3)c(=O)c(-c3ccc(Br)cc3)c2n1.CCOc1ccc2nn(-c3ccc4nn(C)cc4c3)c(=O)c(-c3ccc(Br)cc3)c2n1.Cn1cc2cc(-n3nc4cc(F)c(NCC(F)(F)F)nc4c(-c4ccc(OC(F)F)cc4)c3=O)ccc2n1.Cn1cc2cc(-n3nc4ccc(OCC(F)F)nc4c(-c4ccc(Br)cc4)c3=O)ccc2n1. The van der Waals surface area contributed by atoms with Crippen molar-refractivity contribution in [2.45, 2.75) is 46.1 Å². The van der Waals surface area contributed by atoms with Gasteiger partial charge < -0.3 is 24.3 Å². The Balaban J connectivity index is 0.000000125. The van der Waals surface area contributed by atoms with Crippen LogP contribution in [0.3, 0.4) is 0 Å². The van der Waals surface area contributed by atoms with Crippen LogP contribution in [0.5, 0.6) is 23.4 Å². The van der Waals surface area contributed by atoms with Crippen LogP contribution >= 0.6 is 47.8 Å². The second kappa shape index (κ2) is 37.9. The molecule has 0 atom stereocenters. The summed E-state index contributed by atoms with van der Waals surface area (Å²) in [5.74, 6) is -1.11. The fraction of sp³-hybridized carbons (Fsp3) is 0.149. The molecule has 134 heavy (non-hydrogen) atoms. The zero-order chi connectivity index (χ0) is 94.2. The van der Waals surface area contributed by atoms with Gasteiger partial charge in [0.25, 0.3) is 28.7 Å². The minimum Gasteiger partial charge on any atom is -0.478 e. The first-order chi connectivity index (χ1) is 64.3. The number of halogens is 11. The maximum atomic E-state index is 14.7. The van der Waals surface area contributed by atoms with Crippen molar-refractivity contribution in [3.05, 3.63) is 298 Å². The van der Waals surface area contributed by atoms with Gasteiger partial charge in [-0.15, -0.1) is 0 Å². The zero-order valence-electron chi connectivity index (χ0n) is 71.2. The molecule has 0 aliphatic carbocycles. The molecule has 0 spiro atoms. The van der Waals surface area contributed by atoms with E-state index >= 15 is 0 Å². The molecule has 0 radical (unpaired) electrons. The third-order valence-electron chi connectivity index (χ3n) is 20.5. The number of hydrogen-bond donors (Lipinski definition) is 1. The minimum atomic E-state index is -4.65. The predicted octanol–water partition coefficient (Wildman–Crippen LogP) is 19.2. The molecule has 0 saturated heterocycles. The van der Waals surface area contributed by atoms with Gasteiger partial charge in [0, 0.05) is 112 Å². The van der Waals surface area contributed by atoms with E-state index in [0.29, 0.717) is 102 Å². The van der Waals surface area contributed by atoms with Gasteiger partial charge in [0.1, 0.15) is 56.4 Å². The van der Waals surface area contributed by atoms with Crippen molar-refractivity contribution in [1.29, 1.82) is 0 Å². The van der Waals surface area contributed by atoms with E-state index < -0.39 is 55.1 Å². The Bertz CT molecular complexity index is 8180.